The zero-order chi connectivity index (χ0) is 49.2. The lowest BCUT2D eigenvalue weighted by Gasteiger charge is -2.40. The van der Waals surface area contributed by atoms with Gasteiger partial charge in [0.15, 0.2) is 5.75 Å². The third-order valence-electron chi connectivity index (χ3n) is 13.8. The predicted molar refractivity (Wildman–Crippen MR) is 267 cm³/mol. The van der Waals surface area contributed by atoms with E-state index in [1.165, 1.54) is 29.8 Å². The topological polar surface area (TPSA) is 160 Å². The number of ether oxygens (including phenoxy) is 7. The molecule has 2 saturated heterocycles. The van der Waals surface area contributed by atoms with Crippen LogP contribution in [0.5, 0.6) is 23.1 Å². The van der Waals surface area contributed by atoms with E-state index < -0.39 is 24.0 Å². The van der Waals surface area contributed by atoms with Crippen LogP contribution in [0.1, 0.15) is 47.5 Å². The molecule has 71 heavy (non-hydrogen) atoms. The first kappa shape index (κ1) is 49.3. The molecule has 11 rings (SSSR count). The third-order valence-corrected chi connectivity index (χ3v) is 15.9. The van der Waals surface area contributed by atoms with E-state index in [2.05, 4.69) is 26.8 Å². The fourth-order valence-electron chi connectivity index (χ4n) is 9.65. The van der Waals surface area contributed by atoms with E-state index in [1.807, 2.05) is 19.9 Å². The predicted octanol–water partition coefficient (Wildman–Crippen LogP) is 8.77. The SMILES string of the molecule is Cc1c(Cl)c2c(Cl)c(C)c1-c1c(-c3ccc(F)cc3)sc3ncnc(c13)O[C@@H](C(=O)O)Cc1cc(ccc1OCc1ccnc(C3(COC[C@H]4COCCO4)CCC3)n1)OC[C@@H](CN1CCN(C)CC1)O2. The summed E-state index contributed by atoms with van der Waals surface area (Å²) < 4.78 is 58.4. The summed E-state index contributed by atoms with van der Waals surface area (Å²) in [6.07, 6.45) is 3.66. The van der Waals surface area contributed by atoms with E-state index >= 15 is 0 Å². The second-order valence-electron chi connectivity index (χ2n) is 18.7. The number of hydrogen-bond donors (Lipinski definition) is 1. The molecule has 6 aromatic rings. The standard InChI is InChI=1S/C52H55Cl2FN6O9S/c1-30-41-31(2)45(54)46(44(30)53)69-37(23-61-17-15-60(3)16-18-61)27-67-36-9-10-39(68-24-35-11-14-56-51(59-35)52(12-4-13-52)28-65-26-38-25-64-19-20-66-38)33(21-36)22-40(50(62)63)70-48-43-42(41)47(71-49(43)58-29-57-48)32-5-7-34(55)8-6-32/h5-11,14,21,29,37-38,40H,4,12-13,15-20,22-28H2,1-3H3,(H,62,63)/t37-,38-,40-/m1/s1. The molecule has 1 aliphatic carbocycles. The summed E-state index contributed by atoms with van der Waals surface area (Å²) in [4.78, 5) is 38.1. The van der Waals surface area contributed by atoms with Gasteiger partial charge >= 0.3 is 5.97 Å². The molecule has 3 fully saturated rings. The largest absolute Gasteiger partial charge is 0.490 e. The van der Waals surface area contributed by atoms with Gasteiger partial charge in [-0.3, -0.25) is 4.90 Å². The number of hydrogen-bond acceptors (Lipinski definition) is 15. The Morgan fingerprint density at radius 1 is 0.944 bits per heavy atom. The van der Waals surface area contributed by atoms with Crippen molar-refractivity contribution in [3.05, 3.63) is 105 Å². The van der Waals surface area contributed by atoms with Crippen LogP contribution in [-0.2, 0) is 37.4 Å². The molecular weight excluding hydrogens is 975 g/mol. The molecular formula is C52H55Cl2FN6O9S. The molecule has 3 aromatic carbocycles. The van der Waals surface area contributed by atoms with Gasteiger partial charge in [-0.05, 0) is 92.4 Å². The molecule has 1 N–H and O–H groups in total. The number of fused-ring (bicyclic) bond motifs is 7. The fraction of sp³-hybridized carbons (Fsp3) is 0.442. The van der Waals surface area contributed by atoms with E-state index in [4.69, 9.17) is 66.3 Å². The highest BCUT2D eigenvalue weighted by atomic mass is 35.5. The fourth-order valence-corrected chi connectivity index (χ4v) is 11.3. The molecule has 0 amide bonds. The minimum absolute atomic E-state index is 0.0295. The number of benzene rings is 3. The molecule has 4 bridgehead atoms. The van der Waals surface area contributed by atoms with Crippen molar-refractivity contribution in [3.8, 4) is 44.7 Å². The number of thiophene rings is 1. The van der Waals surface area contributed by atoms with Gasteiger partial charge in [0.05, 0.1) is 59.6 Å². The first-order valence-electron chi connectivity index (χ1n) is 23.9. The Labute approximate surface area is 425 Å². The average molecular weight is 1030 g/mol. The minimum atomic E-state index is -1.47. The van der Waals surface area contributed by atoms with Crippen LogP contribution in [0, 0.1) is 19.7 Å². The van der Waals surface area contributed by atoms with Crippen LogP contribution in [0.15, 0.2) is 61.1 Å². The van der Waals surface area contributed by atoms with Crippen molar-refractivity contribution in [2.45, 2.75) is 69.9 Å². The Hall–Kier alpha value is -5.24. The normalized spacial score (nSPS) is 20.6. The van der Waals surface area contributed by atoms with Crippen LogP contribution in [0.3, 0.4) is 0 Å². The Balaban J connectivity index is 1.02. The van der Waals surface area contributed by atoms with Crippen LogP contribution in [0.25, 0.3) is 31.8 Å². The van der Waals surface area contributed by atoms with Gasteiger partial charge in [-0.2, -0.15) is 0 Å². The molecule has 4 aliphatic heterocycles. The number of carboxylic acid groups (broad SMARTS) is 1. The summed E-state index contributed by atoms with van der Waals surface area (Å²) in [6, 6.07) is 13.3. The number of carbonyl (C=O) groups is 1. The van der Waals surface area contributed by atoms with E-state index in [0.29, 0.717) is 127 Å². The number of likely N-dealkylation sites (N-methyl/N-ethyl adjacent to an activating group) is 1. The summed E-state index contributed by atoms with van der Waals surface area (Å²) in [5.74, 6) is 0.286. The number of nitrogens with zero attached hydrogens (tertiary/aromatic N) is 6. The summed E-state index contributed by atoms with van der Waals surface area (Å²) in [6.45, 7) is 10.5. The monoisotopic (exact) mass is 1030 g/mol. The van der Waals surface area contributed by atoms with E-state index in [-0.39, 0.29) is 37.0 Å². The maximum absolute atomic E-state index is 14.4. The molecule has 3 aromatic heterocycles. The molecule has 0 spiro atoms. The minimum Gasteiger partial charge on any atom is -0.490 e. The van der Waals surface area contributed by atoms with Crippen molar-refractivity contribution in [2.75, 3.05) is 79.4 Å². The number of halogens is 3. The second kappa shape index (κ2) is 21.5. The lowest BCUT2D eigenvalue weighted by Crippen LogP contribution is -2.49. The summed E-state index contributed by atoms with van der Waals surface area (Å²) in [7, 11) is 2.11. The Morgan fingerprint density at radius 2 is 1.73 bits per heavy atom. The number of carboxylic acids is 1. The average Bonchev–Trinajstić information content (AvgIpc) is 3.75. The van der Waals surface area contributed by atoms with Gasteiger partial charge in [-0.1, -0.05) is 41.8 Å². The molecule has 7 heterocycles. The van der Waals surface area contributed by atoms with Crippen molar-refractivity contribution in [1.82, 2.24) is 29.7 Å². The van der Waals surface area contributed by atoms with Crippen molar-refractivity contribution in [3.63, 3.8) is 0 Å². The molecule has 19 heteroatoms. The van der Waals surface area contributed by atoms with Gasteiger partial charge < -0.3 is 43.2 Å². The van der Waals surface area contributed by atoms with Gasteiger partial charge in [-0.15, -0.1) is 11.3 Å². The maximum atomic E-state index is 14.4. The molecule has 0 unspecified atom stereocenters. The van der Waals surface area contributed by atoms with E-state index in [0.717, 1.165) is 45.4 Å². The first-order chi connectivity index (χ1) is 34.4. The molecule has 15 nitrogen and oxygen atoms in total. The highest BCUT2D eigenvalue weighted by Crippen LogP contribution is 2.53. The van der Waals surface area contributed by atoms with Gasteiger partial charge in [0.25, 0.3) is 0 Å². The van der Waals surface area contributed by atoms with Crippen molar-refractivity contribution in [2.24, 2.45) is 0 Å². The molecule has 374 valence electrons. The molecule has 5 aliphatic rings. The van der Waals surface area contributed by atoms with Crippen LogP contribution in [0.4, 0.5) is 4.39 Å². The highest BCUT2D eigenvalue weighted by molar-refractivity contribution is 7.22. The van der Waals surface area contributed by atoms with Crippen LogP contribution in [-0.4, -0.2) is 139 Å². The zero-order valence-corrected chi connectivity index (χ0v) is 42.1. The Kier molecular flexibility index (Phi) is 14.9. The van der Waals surface area contributed by atoms with Crippen molar-refractivity contribution in [1.29, 1.82) is 0 Å². The van der Waals surface area contributed by atoms with Crippen molar-refractivity contribution >= 4 is 50.7 Å². The zero-order valence-electron chi connectivity index (χ0n) is 39.8. The lowest BCUT2D eigenvalue weighted by atomic mass is 9.68. The van der Waals surface area contributed by atoms with Crippen LogP contribution >= 0.6 is 34.5 Å². The number of aromatic nitrogens is 4. The summed E-state index contributed by atoms with van der Waals surface area (Å²) in [5.41, 5.74) is 4.11. The number of aliphatic carboxylic acids is 1. The first-order valence-corrected chi connectivity index (χ1v) is 25.5. The van der Waals surface area contributed by atoms with Gasteiger partial charge in [0, 0.05) is 61.3 Å². The Bertz CT molecular complexity index is 2870. The van der Waals surface area contributed by atoms with Gasteiger partial charge in [0.1, 0.15) is 59.7 Å². The van der Waals surface area contributed by atoms with Gasteiger partial charge in [0.2, 0.25) is 12.0 Å². The smallest absolute Gasteiger partial charge is 0.345 e. The van der Waals surface area contributed by atoms with E-state index in [1.54, 1.807) is 36.5 Å². The summed E-state index contributed by atoms with van der Waals surface area (Å²) in [5, 5.41) is 12.0. The number of piperazine rings is 1. The van der Waals surface area contributed by atoms with Crippen LogP contribution < -0.4 is 18.9 Å². The maximum Gasteiger partial charge on any atom is 0.345 e. The van der Waals surface area contributed by atoms with Crippen LogP contribution in [0.2, 0.25) is 10.0 Å². The second-order valence-corrected chi connectivity index (χ2v) is 20.5. The summed E-state index contributed by atoms with van der Waals surface area (Å²) >= 11 is 16.0. The number of rotatable bonds is 12. The third kappa shape index (κ3) is 10.7. The Morgan fingerprint density at radius 3 is 2.45 bits per heavy atom. The van der Waals surface area contributed by atoms with Crippen molar-refractivity contribution < 1.29 is 47.4 Å². The molecule has 3 atom stereocenters. The van der Waals surface area contributed by atoms with Gasteiger partial charge in [-0.25, -0.2) is 29.1 Å². The molecule has 0 radical (unpaired) electrons. The van der Waals surface area contributed by atoms with E-state index in [9.17, 15) is 14.3 Å². The highest BCUT2D eigenvalue weighted by Gasteiger charge is 2.42. The quantitative estimate of drug-likeness (QED) is 0.124. The lowest BCUT2D eigenvalue weighted by molar-refractivity contribution is -0.145. The molecule has 1 saturated carbocycles.